The molecule has 0 aromatic heterocycles. The lowest BCUT2D eigenvalue weighted by Gasteiger charge is -2.05. The van der Waals surface area contributed by atoms with Crippen LogP contribution in [0.4, 0.5) is 0 Å². The molecule has 0 atom stereocenters. The lowest BCUT2D eigenvalue weighted by Crippen LogP contribution is -2.16. The third kappa shape index (κ3) is 20.0. The Balaban J connectivity index is 2.90. The smallest absolute Gasteiger partial charge is 0.00489 e. The fraction of sp³-hybridized carbons (Fsp3) is 1.00. The Morgan fingerprint density at radius 2 is 0.667 bits per heavy atom. The number of hydrogen-bond acceptors (Lipinski definition) is 1. The summed E-state index contributed by atoms with van der Waals surface area (Å²) in [5.41, 5.74) is 0. The average molecular weight is 298 g/mol. The number of hydrogen-bond donors (Lipinski definition) is 1. The second-order valence-electron chi connectivity index (χ2n) is 6.70. The Morgan fingerprint density at radius 1 is 0.381 bits per heavy atom. The van der Waals surface area contributed by atoms with Gasteiger partial charge in [-0.25, -0.2) is 0 Å². The molecule has 1 nitrogen and oxygen atoms in total. The molecule has 0 amide bonds. The van der Waals surface area contributed by atoms with Gasteiger partial charge in [-0.1, -0.05) is 104 Å². The Labute approximate surface area is 135 Å². The van der Waals surface area contributed by atoms with Gasteiger partial charge in [0.2, 0.25) is 0 Å². The van der Waals surface area contributed by atoms with Crippen LogP contribution in [0.5, 0.6) is 0 Å². The third-order valence-corrected chi connectivity index (χ3v) is 4.41. The molecular weight excluding hydrogens is 254 g/mol. The van der Waals surface area contributed by atoms with Gasteiger partial charge in [-0.3, -0.25) is 0 Å². The van der Waals surface area contributed by atoms with E-state index in [1.807, 2.05) is 0 Å². The lowest BCUT2D eigenvalue weighted by atomic mass is 10.1. The van der Waals surface area contributed by atoms with E-state index in [1.54, 1.807) is 0 Å². The number of nitrogens with one attached hydrogen (secondary N) is 1. The molecule has 1 heteroatoms. The minimum Gasteiger partial charge on any atom is -0.317 e. The van der Waals surface area contributed by atoms with Gasteiger partial charge in [0.25, 0.3) is 0 Å². The van der Waals surface area contributed by atoms with Gasteiger partial charge < -0.3 is 5.32 Å². The van der Waals surface area contributed by atoms with Crippen LogP contribution >= 0.6 is 0 Å². The van der Waals surface area contributed by atoms with Crippen LogP contribution in [0.2, 0.25) is 0 Å². The summed E-state index contributed by atoms with van der Waals surface area (Å²) >= 11 is 0. The SMILES string of the molecule is CCCCCCCCCCCCNCCCCCCCC. The molecule has 0 radical (unpaired) electrons. The first-order valence-electron chi connectivity index (χ1n) is 10.1. The fourth-order valence-corrected chi connectivity index (χ4v) is 2.89. The first-order valence-corrected chi connectivity index (χ1v) is 10.1. The monoisotopic (exact) mass is 297 g/mol. The van der Waals surface area contributed by atoms with Gasteiger partial charge in [-0.15, -0.1) is 0 Å². The topological polar surface area (TPSA) is 12.0 Å². The van der Waals surface area contributed by atoms with Crippen molar-refractivity contribution in [3.63, 3.8) is 0 Å². The molecule has 0 aromatic carbocycles. The van der Waals surface area contributed by atoms with E-state index < -0.39 is 0 Å². The minimum absolute atomic E-state index is 1.24. The van der Waals surface area contributed by atoms with Crippen LogP contribution in [-0.4, -0.2) is 13.1 Å². The summed E-state index contributed by atoms with van der Waals surface area (Å²) in [6.07, 6.45) is 22.8. The highest BCUT2D eigenvalue weighted by Crippen LogP contribution is 2.10. The van der Waals surface area contributed by atoms with Crippen LogP contribution in [0, 0.1) is 0 Å². The minimum atomic E-state index is 1.24. The van der Waals surface area contributed by atoms with E-state index in [-0.39, 0.29) is 0 Å². The van der Waals surface area contributed by atoms with E-state index in [0.29, 0.717) is 0 Å². The van der Waals surface area contributed by atoms with E-state index in [0.717, 1.165) is 0 Å². The highest BCUT2D eigenvalue weighted by Gasteiger charge is 1.93. The molecule has 0 saturated heterocycles. The molecule has 21 heavy (non-hydrogen) atoms. The van der Waals surface area contributed by atoms with E-state index in [1.165, 1.54) is 116 Å². The largest absolute Gasteiger partial charge is 0.317 e. The molecule has 0 fully saturated rings. The van der Waals surface area contributed by atoms with Crippen LogP contribution in [0.15, 0.2) is 0 Å². The van der Waals surface area contributed by atoms with E-state index in [4.69, 9.17) is 0 Å². The summed E-state index contributed by atoms with van der Waals surface area (Å²) in [4.78, 5) is 0. The second kappa shape index (κ2) is 20.0. The van der Waals surface area contributed by atoms with Crippen molar-refractivity contribution >= 4 is 0 Å². The summed E-state index contributed by atoms with van der Waals surface area (Å²) in [6, 6.07) is 0. The maximum absolute atomic E-state index is 3.60. The van der Waals surface area contributed by atoms with Gasteiger partial charge in [-0.05, 0) is 25.9 Å². The summed E-state index contributed by atoms with van der Waals surface area (Å²) in [7, 11) is 0. The Bertz CT molecular complexity index is 149. The highest BCUT2D eigenvalue weighted by atomic mass is 14.8. The first kappa shape index (κ1) is 21.0. The highest BCUT2D eigenvalue weighted by molar-refractivity contribution is 4.52. The standard InChI is InChI=1S/C20H43N/c1-3-5-7-9-11-12-13-14-16-18-20-21-19-17-15-10-8-6-4-2/h21H,3-20H2,1-2H3. The zero-order valence-electron chi connectivity index (χ0n) is 15.2. The number of rotatable bonds is 18. The summed E-state index contributed by atoms with van der Waals surface area (Å²) in [6.45, 7) is 7.06. The molecule has 0 spiro atoms. The van der Waals surface area contributed by atoms with Crippen molar-refractivity contribution in [1.29, 1.82) is 0 Å². The average Bonchev–Trinajstić information content (AvgIpc) is 2.50. The molecule has 0 aliphatic carbocycles. The molecule has 0 unspecified atom stereocenters. The molecule has 0 aromatic rings. The van der Waals surface area contributed by atoms with Crippen molar-refractivity contribution in [1.82, 2.24) is 5.32 Å². The van der Waals surface area contributed by atoms with Crippen molar-refractivity contribution in [3.05, 3.63) is 0 Å². The Kier molecular flexibility index (Phi) is 19.9. The fourth-order valence-electron chi connectivity index (χ4n) is 2.89. The van der Waals surface area contributed by atoms with Crippen molar-refractivity contribution in [2.24, 2.45) is 0 Å². The molecule has 128 valence electrons. The van der Waals surface area contributed by atoms with E-state index in [9.17, 15) is 0 Å². The van der Waals surface area contributed by atoms with E-state index in [2.05, 4.69) is 19.2 Å². The van der Waals surface area contributed by atoms with Gasteiger partial charge in [0.05, 0.1) is 0 Å². The molecule has 0 heterocycles. The van der Waals surface area contributed by atoms with Crippen LogP contribution in [0.25, 0.3) is 0 Å². The van der Waals surface area contributed by atoms with Gasteiger partial charge >= 0.3 is 0 Å². The zero-order valence-corrected chi connectivity index (χ0v) is 15.2. The maximum Gasteiger partial charge on any atom is -0.00489 e. The Hall–Kier alpha value is -0.0400. The van der Waals surface area contributed by atoms with Gasteiger partial charge in [-0.2, -0.15) is 0 Å². The lowest BCUT2D eigenvalue weighted by molar-refractivity contribution is 0.531. The van der Waals surface area contributed by atoms with Crippen LogP contribution < -0.4 is 5.32 Å². The van der Waals surface area contributed by atoms with Crippen LogP contribution in [0.3, 0.4) is 0 Å². The van der Waals surface area contributed by atoms with E-state index >= 15 is 0 Å². The predicted molar refractivity (Wildman–Crippen MR) is 98.1 cm³/mol. The molecular formula is C20H43N. The molecule has 0 rings (SSSR count). The van der Waals surface area contributed by atoms with Gasteiger partial charge in [0, 0.05) is 0 Å². The molecule has 0 aliphatic rings. The summed E-state index contributed by atoms with van der Waals surface area (Å²) in [5.74, 6) is 0. The van der Waals surface area contributed by atoms with Crippen molar-refractivity contribution in [2.75, 3.05) is 13.1 Å². The first-order chi connectivity index (χ1) is 10.4. The zero-order chi connectivity index (χ0) is 15.4. The van der Waals surface area contributed by atoms with Gasteiger partial charge in [0.1, 0.15) is 0 Å². The summed E-state index contributed by atoms with van der Waals surface area (Å²) < 4.78 is 0. The molecule has 0 aliphatic heterocycles. The van der Waals surface area contributed by atoms with Crippen LogP contribution in [-0.2, 0) is 0 Å². The second-order valence-corrected chi connectivity index (χ2v) is 6.70. The number of unbranched alkanes of at least 4 members (excludes halogenated alkanes) is 14. The molecule has 0 bridgehead atoms. The molecule has 0 saturated carbocycles. The maximum atomic E-state index is 3.60. The van der Waals surface area contributed by atoms with Crippen molar-refractivity contribution in [3.8, 4) is 0 Å². The van der Waals surface area contributed by atoms with Crippen molar-refractivity contribution < 1.29 is 0 Å². The molecule has 1 N–H and O–H groups in total. The van der Waals surface area contributed by atoms with Crippen LogP contribution in [0.1, 0.15) is 117 Å². The predicted octanol–water partition coefficient (Wildman–Crippen LogP) is 6.86. The normalized spacial score (nSPS) is 11.1. The third-order valence-electron chi connectivity index (χ3n) is 4.41. The van der Waals surface area contributed by atoms with Crippen molar-refractivity contribution in [2.45, 2.75) is 117 Å². The van der Waals surface area contributed by atoms with Gasteiger partial charge in [0.15, 0.2) is 0 Å². The Morgan fingerprint density at radius 3 is 1.00 bits per heavy atom. The summed E-state index contributed by atoms with van der Waals surface area (Å²) in [5, 5.41) is 3.60. The quantitative estimate of drug-likeness (QED) is 0.273.